The molecule has 0 atom stereocenters. The lowest BCUT2D eigenvalue weighted by atomic mass is 10.4. The molecule has 0 fully saturated rings. The summed E-state index contributed by atoms with van der Waals surface area (Å²) in [6, 6.07) is 11.5. The molecular weight excluding hydrogens is 298 g/mol. The molecule has 0 bridgehead atoms. The van der Waals surface area contributed by atoms with Gasteiger partial charge in [0.2, 0.25) is 0 Å². The summed E-state index contributed by atoms with van der Waals surface area (Å²) in [5.41, 5.74) is 1.63. The molecule has 0 saturated carbocycles. The molecule has 0 spiro atoms. The Morgan fingerprint density at radius 2 is 1.86 bits per heavy atom. The maximum Gasteiger partial charge on any atom is 0.350 e. The molecule has 4 heterocycles. The second-order valence-corrected chi connectivity index (χ2v) is 5.88. The maximum absolute atomic E-state index is 12.2. The first-order valence-corrected chi connectivity index (χ1v) is 7.90. The molecule has 0 N–H and O–H groups in total. The molecular formula is C15H13N5OS. The molecule has 0 aliphatic rings. The molecule has 0 aliphatic heterocycles. The molecule has 6 nitrogen and oxygen atoms in total. The number of pyridine rings is 2. The van der Waals surface area contributed by atoms with E-state index in [2.05, 4.69) is 10.1 Å². The van der Waals surface area contributed by atoms with Gasteiger partial charge in [-0.05, 0) is 24.3 Å². The van der Waals surface area contributed by atoms with E-state index in [1.54, 1.807) is 22.4 Å². The fraction of sp³-hybridized carbons (Fsp3) is 0.133. The third-order valence-electron chi connectivity index (χ3n) is 3.43. The highest BCUT2D eigenvalue weighted by atomic mass is 32.2. The summed E-state index contributed by atoms with van der Waals surface area (Å²) < 4.78 is 5.09. The van der Waals surface area contributed by atoms with Crippen molar-refractivity contribution in [2.45, 2.75) is 11.7 Å². The molecule has 0 radical (unpaired) electrons. The Morgan fingerprint density at radius 3 is 2.73 bits per heavy atom. The summed E-state index contributed by atoms with van der Waals surface area (Å²) in [5.74, 6) is 0.734. The van der Waals surface area contributed by atoms with Crippen LogP contribution in [-0.4, -0.2) is 29.3 Å². The van der Waals surface area contributed by atoms with Crippen LogP contribution in [0.5, 0.6) is 0 Å². The second-order valence-electron chi connectivity index (χ2n) is 4.82. The van der Waals surface area contributed by atoms with Crippen LogP contribution in [0.3, 0.4) is 0 Å². The first kappa shape index (κ1) is 13.1. The van der Waals surface area contributed by atoms with E-state index in [4.69, 9.17) is 0 Å². The fourth-order valence-corrected chi connectivity index (χ4v) is 3.24. The molecule has 0 aliphatic carbocycles. The van der Waals surface area contributed by atoms with Gasteiger partial charge in [-0.1, -0.05) is 23.9 Å². The number of hydrogen-bond acceptors (Lipinski definition) is 4. The topological polar surface area (TPSA) is 56.6 Å². The van der Waals surface area contributed by atoms with Gasteiger partial charge in [0.15, 0.2) is 10.8 Å². The predicted octanol–water partition coefficient (Wildman–Crippen LogP) is 1.94. The Balaban J connectivity index is 1.52. The largest absolute Gasteiger partial charge is 0.350 e. The van der Waals surface area contributed by atoms with Crippen molar-refractivity contribution in [2.75, 3.05) is 5.75 Å². The van der Waals surface area contributed by atoms with E-state index >= 15 is 0 Å². The number of rotatable bonds is 4. The van der Waals surface area contributed by atoms with Gasteiger partial charge in [-0.3, -0.25) is 8.80 Å². The van der Waals surface area contributed by atoms with Crippen LogP contribution in [0.15, 0.2) is 64.9 Å². The van der Waals surface area contributed by atoms with Crippen LogP contribution < -0.4 is 5.69 Å². The summed E-state index contributed by atoms with van der Waals surface area (Å²) in [5, 5.41) is 5.24. The number of fused-ring (bicyclic) bond motifs is 2. The van der Waals surface area contributed by atoms with Gasteiger partial charge in [0, 0.05) is 18.1 Å². The zero-order chi connectivity index (χ0) is 14.9. The van der Waals surface area contributed by atoms with Crippen LogP contribution in [0.4, 0.5) is 0 Å². The van der Waals surface area contributed by atoms with Crippen molar-refractivity contribution in [3.05, 3.63) is 65.5 Å². The molecule has 4 rings (SSSR count). The minimum atomic E-state index is -0.107. The average molecular weight is 311 g/mol. The molecule has 7 heteroatoms. The number of nitrogens with zero attached hydrogens (tertiary/aromatic N) is 5. The van der Waals surface area contributed by atoms with Crippen LogP contribution in [0.25, 0.3) is 11.2 Å². The summed E-state index contributed by atoms with van der Waals surface area (Å²) >= 11 is 1.61. The van der Waals surface area contributed by atoms with Crippen molar-refractivity contribution in [1.29, 1.82) is 0 Å². The van der Waals surface area contributed by atoms with E-state index in [1.807, 2.05) is 53.2 Å². The van der Waals surface area contributed by atoms with Crippen LogP contribution in [0, 0.1) is 0 Å². The van der Waals surface area contributed by atoms with Crippen molar-refractivity contribution in [3.8, 4) is 0 Å². The molecule has 22 heavy (non-hydrogen) atoms. The molecule has 0 unspecified atom stereocenters. The standard InChI is InChI=1S/C15H13N5OS/c21-15-19-8-4-2-6-13(19)17-20(15)9-10-22-14-16-11-12-5-1-3-7-18(12)14/h1-8,11H,9-10H2. The van der Waals surface area contributed by atoms with Crippen LogP contribution >= 0.6 is 11.8 Å². The Hall–Kier alpha value is -2.54. The van der Waals surface area contributed by atoms with Gasteiger partial charge in [0.1, 0.15) is 0 Å². The Labute approximate surface area is 130 Å². The SMILES string of the molecule is O=c1n(CCSc2ncc3ccccn23)nc2ccccn12. The highest BCUT2D eigenvalue weighted by Gasteiger charge is 2.07. The number of thioether (sulfide) groups is 1. The fourth-order valence-electron chi connectivity index (χ4n) is 2.36. The van der Waals surface area contributed by atoms with Gasteiger partial charge < -0.3 is 0 Å². The van der Waals surface area contributed by atoms with Crippen molar-refractivity contribution < 1.29 is 0 Å². The predicted molar refractivity (Wildman–Crippen MR) is 85.4 cm³/mol. The van der Waals surface area contributed by atoms with Crippen LogP contribution in [0.2, 0.25) is 0 Å². The van der Waals surface area contributed by atoms with Gasteiger partial charge >= 0.3 is 5.69 Å². The smallest absolute Gasteiger partial charge is 0.295 e. The number of aryl methyl sites for hydroxylation is 1. The highest BCUT2D eigenvalue weighted by molar-refractivity contribution is 7.99. The Morgan fingerprint density at radius 1 is 1.05 bits per heavy atom. The first-order valence-electron chi connectivity index (χ1n) is 6.92. The van der Waals surface area contributed by atoms with Crippen LogP contribution in [-0.2, 0) is 6.54 Å². The molecule has 4 aromatic heterocycles. The van der Waals surface area contributed by atoms with E-state index in [9.17, 15) is 4.79 Å². The van der Waals surface area contributed by atoms with E-state index in [0.29, 0.717) is 12.2 Å². The summed E-state index contributed by atoms with van der Waals surface area (Å²) in [6.07, 6.45) is 5.57. The van der Waals surface area contributed by atoms with E-state index in [1.165, 1.54) is 4.68 Å². The maximum atomic E-state index is 12.2. The van der Waals surface area contributed by atoms with Gasteiger partial charge in [0.05, 0.1) is 18.3 Å². The first-order chi connectivity index (χ1) is 10.8. The van der Waals surface area contributed by atoms with Gasteiger partial charge in [-0.25, -0.2) is 14.5 Å². The van der Waals surface area contributed by atoms with Gasteiger partial charge in [-0.2, -0.15) is 0 Å². The van der Waals surface area contributed by atoms with Crippen molar-refractivity contribution >= 4 is 22.9 Å². The summed E-state index contributed by atoms with van der Waals surface area (Å²) in [7, 11) is 0. The lowest BCUT2D eigenvalue weighted by molar-refractivity contribution is 0.639. The molecule has 110 valence electrons. The highest BCUT2D eigenvalue weighted by Crippen LogP contribution is 2.18. The quantitative estimate of drug-likeness (QED) is 0.540. The summed E-state index contributed by atoms with van der Waals surface area (Å²) in [4.78, 5) is 16.6. The zero-order valence-corrected chi connectivity index (χ0v) is 12.5. The van der Waals surface area contributed by atoms with Gasteiger partial charge in [0.25, 0.3) is 0 Å². The lowest BCUT2D eigenvalue weighted by Gasteiger charge is -2.00. The van der Waals surface area contributed by atoms with Crippen molar-refractivity contribution in [3.63, 3.8) is 0 Å². The molecule has 0 aromatic carbocycles. The molecule has 0 amide bonds. The molecule has 4 aromatic rings. The lowest BCUT2D eigenvalue weighted by Crippen LogP contribution is -2.22. The summed E-state index contributed by atoms with van der Waals surface area (Å²) in [6.45, 7) is 0.549. The third kappa shape index (κ3) is 2.19. The van der Waals surface area contributed by atoms with E-state index < -0.39 is 0 Å². The van der Waals surface area contributed by atoms with Gasteiger partial charge in [-0.15, -0.1) is 5.10 Å². The minimum absolute atomic E-state index is 0.107. The average Bonchev–Trinajstić information content (AvgIpc) is 3.10. The Kier molecular flexibility index (Phi) is 3.19. The zero-order valence-electron chi connectivity index (χ0n) is 11.7. The number of hydrogen-bond donors (Lipinski definition) is 0. The number of aromatic nitrogens is 5. The second kappa shape index (κ2) is 5.34. The normalized spacial score (nSPS) is 11.5. The number of imidazole rings is 1. The van der Waals surface area contributed by atoms with Crippen molar-refractivity contribution in [2.24, 2.45) is 0 Å². The monoisotopic (exact) mass is 311 g/mol. The minimum Gasteiger partial charge on any atom is -0.295 e. The van der Waals surface area contributed by atoms with E-state index in [-0.39, 0.29) is 5.69 Å². The molecule has 0 saturated heterocycles. The third-order valence-corrected chi connectivity index (χ3v) is 4.37. The van der Waals surface area contributed by atoms with Crippen LogP contribution in [0.1, 0.15) is 0 Å². The van der Waals surface area contributed by atoms with E-state index in [0.717, 1.165) is 16.4 Å². The van der Waals surface area contributed by atoms with Crippen molar-refractivity contribution in [1.82, 2.24) is 23.6 Å². The Bertz CT molecular complexity index is 1000.